The van der Waals surface area contributed by atoms with Gasteiger partial charge in [-0.3, -0.25) is 4.79 Å². The molecule has 0 aliphatic heterocycles. The molecule has 0 saturated heterocycles. The number of ketones is 1. The molecule has 0 bridgehead atoms. The fourth-order valence-corrected chi connectivity index (χ4v) is 2.15. The number of carbonyl (C=O) groups excluding carboxylic acids is 1. The molecule has 0 amide bonds. The Bertz CT molecular complexity index is 260. The van der Waals surface area contributed by atoms with E-state index < -0.39 is 0 Å². The monoisotopic (exact) mass is 154 g/mol. The smallest absolute Gasteiger partial charge is 0.163 e. The van der Waals surface area contributed by atoms with Crippen molar-refractivity contribution >= 4 is 14.0 Å². The largest absolute Gasteiger partial charge is 0.294 e. The van der Waals surface area contributed by atoms with Gasteiger partial charge in [-0.1, -0.05) is 0 Å². The molecule has 1 nitrogen and oxygen atoms in total. The van der Waals surface area contributed by atoms with Crippen LogP contribution in [-0.2, 0) is 0 Å². The van der Waals surface area contributed by atoms with Crippen LogP contribution in [0.3, 0.4) is 0 Å². The molecule has 1 aromatic heterocycles. The average Bonchev–Trinajstić information content (AvgIpc) is 2.14. The van der Waals surface area contributed by atoms with E-state index in [2.05, 4.69) is 12.7 Å². The van der Waals surface area contributed by atoms with E-state index in [-0.39, 0.29) is 5.78 Å². The number of Topliss-reactive ketones (excluding diaryl/α,β-unsaturated/α-hetero) is 1. The van der Waals surface area contributed by atoms with Crippen LogP contribution in [0.5, 0.6) is 0 Å². The second-order valence-electron chi connectivity index (χ2n) is 2.53. The molecule has 0 spiro atoms. The lowest BCUT2D eigenvalue weighted by atomic mass is 10.1. The van der Waals surface area contributed by atoms with Gasteiger partial charge in [0.15, 0.2) is 5.78 Å². The van der Waals surface area contributed by atoms with E-state index in [0.717, 1.165) is 5.30 Å². The van der Waals surface area contributed by atoms with Crippen LogP contribution in [0.2, 0.25) is 0 Å². The standard InChI is InChI=1S/C8H11OP/c1-5-4-10-8(6(5)2)7(3)9/h4,10H,1-3H3. The molecule has 0 N–H and O–H groups in total. The molecule has 0 radical (unpaired) electrons. The molecule has 1 heterocycles. The number of hydrogen-bond acceptors (Lipinski definition) is 1. The summed E-state index contributed by atoms with van der Waals surface area (Å²) in [5, 5.41) is 1.01. The van der Waals surface area contributed by atoms with Crippen LogP contribution in [0.4, 0.5) is 0 Å². The molecule has 2 heteroatoms. The Labute approximate surface area is 62.5 Å². The Hall–Kier alpha value is -0.550. The zero-order valence-electron chi connectivity index (χ0n) is 6.49. The highest BCUT2D eigenvalue weighted by molar-refractivity contribution is 7.32. The van der Waals surface area contributed by atoms with Gasteiger partial charge in [-0.2, -0.15) is 0 Å². The van der Waals surface area contributed by atoms with Crippen molar-refractivity contribution in [2.24, 2.45) is 0 Å². The molecule has 0 fully saturated rings. The van der Waals surface area contributed by atoms with Crippen LogP contribution in [-0.4, -0.2) is 5.78 Å². The van der Waals surface area contributed by atoms with Crippen molar-refractivity contribution in [1.29, 1.82) is 0 Å². The van der Waals surface area contributed by atoms with Gasteiger partial charge in [0.2, 0.25) is 0 Å². The summed E-state index contributed by atoms with van der Waals surface area (Å²) in [5.74, 6) is 2.36. The number of aryl methyl sites for hydroxylation is 1. The first kappa shape index (κ1) is 7.56. The van der Waals surface area contributed by atoms with Crippen LogP contribution < -0.4 is 0 Å². The summed E-state index contributed by atoms with van der Waals surface area (Å²) < 4.78 is 0. The zero-order chi connectivity index (χ0) is 7.72. The lowest BCUT2D eigenvalue weighted by Crippen LogP contribution is -1.89. The van der Waals surface area contributed by atoms with Crippen LogP contribution in [0, 0.1) is 13.8 Å². The molecule has 0 aromatic carbocycles. The third-order valence-corrected chi connectivity index (χ3v) is 3.34. The average molecular weight is 154 g/mol. The Balaban J connectivity index is 3.17. The van der Waals surface area contributed by atoms with Gasteiger partial charge in [-0.05, 0) is 37.7 Å². The van der Waals surface area contributed by atoms with Crippen LogP contribution in [0.1, 0.15) is 28.1 Å². The highest BCUT2D eigenvalue weighted by Crippen LogP contribution is 2.25. The molecule has 0 aliphatic carbocycles. The fraction of sp³-hybridized carbons (Fsp3) is 0.375. The number of rotatable bonds is 1. The summed E-state index contributed by atoms with van der Waals surface area (Å²) in [7, 11) is 0.609. The highest BCUT2D eigenvalue weighted by Gasteiger charge is 2.05. The minimum Gasteiger partial charge on any atom is -0.294 e. The molecule has 0 aliphatic rings. The summed E-state index contributed by atoms with van der Waals surface area (Å²) in [6, 6.07) is 0. The van der Waals surface area contributed by atoms with Gasteiger partial charge in [-0.15, -0.1) is 8.19 Å². The van der Waals surface area contributed by atoms with Crippen molar-refractivity contribution in [1.82, 2.24) is 0 Å². The molecule has 54 valence electrons. The maximum Gasteiger partial charge on any atom is 0.163 e. The molecule has 1 atom stereocenters. The fourth-order valence-electron chi connectivity index (χ4n) is 0.960. The van der Waals surface area contributed by atoms with Crippen LogP contribution in [0.25, 0.3) is 0 Å². The second-order valence-corrected chi connectivity index (χ2v) is 3.61. The molecular formula is C8H11OP. The van der Waals surface area contributed by atoms with Crippen molar-refractivity contribution in [3.63, 3.8) is 0 Å². The minimum absolute atomic E-state index is 0.226. The van der Waals surface area contributed by atoms with Crippen molar-refractivity contribution in [3.8, 4) is 0 Å². The predicted octanol–water partition coefficient (Wildman–Crippen LogP) is 2.54. The molecule has 1 rings (SSSR count). The number of hydrogen-bond donors (Lipinski definition) is 0. The van der Waals surface area contributed by atoms with Crippen molar-refractivity contribution in [2.75, 3.05) is 0 Å². The van der Waals surface area contributed by atoms with Gasteiger partial charge in [-0.25, -0.2) is 0 Å². The van der Waals surface area contributed by atoms with Gasteiger partial charge < -0.3 is 0 Å². The first-order chi connectivity index (χ1) is 4.63. The van der Waals surface area contributed by atoms with Crippen molar-refractivity contribution < 1.29 is 4.79 Å². The Morgan fingerprint density at radius 2 is 2.10 bits per heavy atom. The minimum atomic E-state index is 0.226. The van der Waals surface area contributed by atoms with Crippen molar-refractivity contribution in [2.45, 2.75) is 20.8 Å². The van der Waals surface area contributed by atoms with Gasteiger partial charge in [0.25, 0.3) is 0 Å². The molecule has 0 saturated carbocycles. The Morgan fingerprint density at radius 3 is 2.30 bits per heavy atom. The number of carbonyl (C=O) groups is 1. The first-order valence-corrected chi connectivity index (χ1v) is 4.36. The van der Waals surface area contributed by atoms with Crippen LogP contribution >= 0.6 is 8.19 Å². The first-order valence-electron chi connectivity index (χ1n) is 3.28. The summed E-state index contributed by atoms with van der Waals surface area (Å²) >= 11 is 0. The van der Waals surface area contributed by atoms with E-state index >= 15 is 0 Å². The molecule has 10 heavy (non-hydrogen) atoms. The van der Waals surface area contributed by atoms with Crippen molar-refractivity contribution in [3.05, 3.63) is 22.2 Å². The van der Waals surface area contributed by atoms with Gasteiger partial charge in [0.1, 0.15) is 0 Å². The van der Waals surface area contributed by atoms with Gasteiger partial charge >= 0.3 is 0 Å². The second kappa shape index (κ2) is 2.59. The maximum atomic E-state index is 10.9. The van der Waals surface area contributed by atoms with E-state index in [4.69, 9.17) is 0 Å². The summed E-state index contributed by atoms with van der Waals surface area (Å²) in [5.41, 5.74) is 2.45. The normalized spacial score (nSPS) is 10.7. The third-order valence-electron chi connectivity index (χ3n) is 1.75. The maximum absolute atomic E-state index is 10.9. The Kier molecular flexibility index (Phi) is 1.96. The molecule has 1 unspecified atom stereocenters. The lowest BCUT2D eigenvalue weighted by Gasteiger charge is -1.92. The summed E-state index contributed by atoms with van der Waals surface area (Å²) in [6.07, 6.45) is 0. The zero-order valence-corrected chi connectivity index (χ0v) is 7.49. The third kappa shape index (κ3) is 1.15. The summed E-state index contributed by atoms with van der Waals surface area (Å²) in [6.45, 7) is 5.71. The Morgan fingerprint density at radius 1 is 1.50 bits per heavy atom. The molecule has 1 aromatic rings. The highest BCUT2D eigenvalue weighted by atomic mass is 31.0. The van der Waals surface area contributed by atoms with E-state index in [1.54, 1.807) is 6.92 Å². The topological polar surface area (TPSA) is 17.1 Å². The summed E-state index contributed by atoms with van der Waals surface area (Å²) in [4.78, 5) is 10.9. The van der Waals surface area contributed by atoms with E-state index in [9.17, 15) is 4.79 Å². The lowest BCUT2D eigenvalue weighted by molar-refractivity contribution is 0.102. The van der Waals surface area contributed by atoms with E-state index in [1.165, 1.54) is 11.1 Å². The van der Waals surface area contributed by atoms with E-state index in [1.807, 2.05) is 6.92 Å². The predicted molar refractivity (Wildman–Crippen MR) is 45.4 cm³/mol. The SMILES string of the molecule is CC(=O)c1[pH]cc(C)c1C. The van der Waals surface area contributed by atoms with Gasteiger partial charge in [0.05, 0.1) is 0 Å². The van der Waals surface area contributed by atoms with Gasteiger partial charge in [0, 0.05) is 5.30 Å². The van der Waals surface area contributed by atoms with Crippen LogP contribution in [0.15, 0.2) is 5.80 Å². The molecular weight excluding hydrogens is 143 g/mol. The van der Waals surface area contributed by atoms with E-state index in [0.29, 0.717) is 8.19 Å². The quantitative estimate of drug-likeness (QED) is 0.568.